The van der Waals surface area contributed by atoms with E-state index in [0.29, 0.717) is 56.2 Å². The number of nitrogens with two attached hydrogens (primary N) is 3. The summed E-state index contributed by atoms with van der Waals surface area (Å²) in [5.41, 5.74) is 20.6. The highest BCUT2D eigenvalue weighted by Gasteiger charge is 2.52. The number of carbonyl (C=O) groups is 2. The lowest BCUT2D eigenvalue weighted by atomic mass is 9.83. The van der Waals surface area contributed by atoms with Crippen molar-refractivity contribution in [2.75, 3.05) is 44.2 Å². The molecule has 74 heavy (non-hydrogen) atoms. The molecule has 2 aromatic heterocycles. The van der Waals surface area contributed by atoms with E-state index in [2.05, 4.69) is 20.5 Å². The molecule has 15 N–H and O–H groups in total. The van der Waals surface area contributed by atoms with Crippen LogP contribution in [0.5, 0.6) is 0 Å². The first-order valence-corrected chi connectivity index (χ1v) is 24.8. The number of amides is 1. The van der Waals surface area contributed by atoms with Crippen molar-refractivity contribution in [2.45, 2.75) is 143 Å². The van der Waals surface area contributed by atoms with E-state index >= 15 is 4.39 Å². The molecular formula is C48H65FN10O15. The number of aliphatic hydroxyl groups excluding tert-OH is 7. The van der Waals surface area contributed by atoms with Gasteiger partial charge in [-0.2, -0.15) is 0 Å². The van der Waals surface area contributed by atoms with E-state index in [9.17, 15) is 55.2 Å². The molecule has 404 valence electrons. The number of nitrogens with one attached hydrogen (secondary N) is 1. The highest BCUT2D eigenvalue weighted by Crippen LogP contribution is 2.39. The molecule has 2 aromatic carbocycles. The SMILES string of the molecule is NC[C@H]1O[C@H](O[C@H]2[C@H](O)[C@@H](O[C@H]3O[C@H](CO)[C@@H](O)[C@H](N)[C@H]3O)[C@H](NC(=O)CCc3cn(Cc4ccc(CN5CCN(c6cc7c(cc6F)c(=O)c(C(=O)O)cn7C6CC6)CC5)cc4)nn3)C[C@@H]2N)[C@H](O)[C@@H](O)[C@@H]1O. The number of aromatic carboxylic acids is 1. The molecule has 0 radical (unpaired) electrons. The molecule has 3 aliphatic heterocycles. The fourth-order valence-electron chi connectivity index (χ4n) is 10.3. The molecule has 0 unspecified atom stereocenters. The Labute approximate surface area is 422 Å². The lowest BCUT2D eigenvalue weighted by Gasteiger charge is -2.48. The molecule has 1 amide bonds. The Morgan fingerprint density at radius 1 is 0.824 bits per heavy atom. The number of ether oxygens (including phenoxy) is 4. The van der Waals surface area contributed by atoms with E-state index < -0.39 is 121 Å². The number of halogens is 1. The maximum atomic E-state index is 15.6. The van der Waals surface area contributed by atoms with Gasteiger partial charge in [0.1, 0.15) is 72.4 Å². The second kappa shape index (κ2) is 22.6. The van der Waals surface area contributed by atoms with E-state index in [1.807, 2.05) is 29.2 Å². The number of pyridine rings is 1. The van der Waals surface area contributed by atoms with Crippen LogP contribution in [0.2, 0.25) is 0 Å². The number of aryl methyl sites for hydroxylation is 1. The number of anilines is 1. The number of carbonyl (C=O) groups excluding carboxylic acids is 1. The molecule has 5 aliphatic rings. The van der Waals surface area contributed by atoms with Gasteiger partial charge in [-0.25, -0.2) is 13.9 Å². The van der Waals surface area contributed by atoms with E-state index in [1.165, 1.54) is 12.3 Å². The van der Waals surface area contributed by atoms with E-state index in [-0.39, 0.29) is 42.8 Å². The molecule has 5 heterocycles. The van der Waals surface area contributed by atoms with Crippen molar-refractivity contribution in [3.05, 3.63) is 87.2 Å². The Morgan fingerprint density at radius 3 is 2.15 bits per heavy atom. The first-order chi connectivity index (χ1) is 35.4. The van der Waals surface area contributed by atoms with Gasteiger partial charge in [-0.05, 0) is 42.5 Å². The Morgan fingerprint density at radius 2 is 1.49 bits per heavy atom. The molecule has 9 rings (SSSR count). The average molecular weight is 1040 g/mol. The fraction of sp³-hybridized carbons (Fsp3) is 0.604. The number of aromatic nitrogens is 4. The van der Waals surface area contributed by atoms with Gasteiger partial charge in [0.05, 0.1) is 42.1 Å². The monoisotopic (exact) mass is 1040 g/mol. The zero-order chi connectivity index (χ0) is 52.7. The van der Waals surface area contributed by atoms with Crippen LogP contribution in [0.4, 0.5) is 10.1 Å². The molecule has 4 aromatic rings. The summed E-state index contributed by atoms with van der Waals surface area (Å²) in [7, 11) is 0. The van der Waals surface area contributed by atoms with Crippen LogP contribution in [0.15, 0.2) is 53.6 Å². The van der Waals surface area contributed by atoms with E-state index in [0.717, 1.165) is 24.0 Å². The van der Waals surface area contributed by atoms with Gasteiger partial charge in [-0.1, -0.05) is 29.5 Å². The number of nitrogens with zero attached hydrogens (tertiary/aromatic N) is 6. The molecule has 5 fully saturated rings. The third-order valence-corrected chi connectivity index (χ3v) is 14.7. The van der Waals surface area contributed by atoms with Crippen molar-refractivity contribution in [2.24, 2.45) is 17.2 Å². The summed E-state index contributed by atoms with van der Waals surface area (Å²) in [5, 5.41) is 95.2. The second-order valence-electron chi connectivity index (χ2n) is 19.9. The Hall–Kier alpha value is -5.14. The third-order valence-electron chi connectivity index (χ3n) is 14.7. The van der Waals surface area contributed by atoms with Crippen molar-refractivity contribution in [3.63, 3.8) is 0 Å². The van der Waals surface area contributed by atoms with Gasteiger partial charge in [0.15, 0.2) is 12.6 Å². The fourth-order valence-corrected chi connectivity index (χ4v) is 10.3. The average Bonchev–Trinajstić information content (AvgIpc) is 4.14. The van der Waals surface area contributed by atoms with Crippen molar-refractivity contribution >= 4 is 28.5 Å². The summed E-state index contributed by atoms with van der Waals surface area (Å²) < 4.78 is 42.2. The molecule has 26 heteroatoms. The molecule has 15 atom stereocenters. The first-order valence-electron chi connectivity index (χ1n) is 24.8. The van der Waals surface area contributed by atoms with Crippen molar-refractivity contribution < 1.29 is 73.8 Å². The normalized spacial score (nSPS) is 33.0. The predicted molar refractivity (Wildman–Crippen MR) is 257 cm³/mol. The van der Waals surface area contributed by atoms with Crippen LogP contribution in [0.25, 0.3) is 10.9 Å². The number of carboxylic acid groups (broad SMARTS) is 1. The molecule has 2 aliphatic carbocycles. The minimum Gasteiger partial charge on any atom is -0.477 e. The second-order valence-corrected chi connectivity index (χ2v) is 19.9. The minimum absolute atomic E-state index is 0.0626. The zero-order valence-corrected chi connectivity index (χ0v) is 40.3. The quantitative estimate of drug-likeness (QED) is 0.0479. The predicted octanol–water partition coefficient (Wildman–Crippen LogP) is -4.05. The van der Waals surface area contributed by atoms with Gasteiger partial charge in [0, 0.05) is 82.0 Å². The van der Waals surface area contributed by atoms with Crippen LogP contribution < -0.4 is 32.8 Å². The van der Waals surface area contributed by atoms with Gasteiger partial charge in [-0.3, -0.25) is 14.5 Å². The number of benzene rings is 2. The third kappa shape index (κ3) is 11.3. The van der Waals surface area contributed by atoms with Gasteiger partial charge < -0.3 is 91.8 Å². The standard InChI is InChI=1S/C48H65FN10O15/c49-28-13-26-31(59(25-6-7-25)20-27(37(26)62)46(69)70)15-32(28)57-11-9-56(10-12-57)17-22-1-3-23(4-2-22)18-58-19-24(54-55-58)5-8-35(61)53-30-14-29(51)44(73-48-42(67)41(66)39(64)33(16-50)71-48)43(68)45(30)74-47-40(65)36(52)38(63)34(21-60)72-47/h1-4,13,15,19-20,25,29-30,33-34,36,38-45,47-48,60,63-68H,5-12,14,16-18,21,50-52H2,(H,53,61)(H,69,70)/t29-,30+,33+,34+,36-,38+,39+,40+,41-,42+,43-,44+,45-,47+,48+/m0/s1. The summed E-state index contributed by atoms with van der Waals surface area (Å²) in [6.45, 7) is 2.56. The minimum atomic E-state index is -1.78. The van der Waals surface area contributed by atoms with Crippen LogP contribution >= 0.6 is 0 Å². The Balaban J connectivity index is 0.779. The summed E-state index contributed by atoms with van der Waals surface area (Å²) >= 11 is 0. The van der Waals surface area contributed by atoms with Crippen molar-refractivity contribution in [1.29, 1.82) is 0 Å². The molecular weight excluding hydrogens is 976 g/mol. The van der Waals surface area contributed by atoms with E-state index in [1.54, 1.807) is 21.5 Å². The number of aliphatic hydroxyl groups is 7. The van der Waals surface area contributed by atoms with Crippen LogP contribution in [0.1, 0.15) is 58.9 Å². The number of fused-ring (bicyclic) bond motifs is 1. The summed E-state index contributed by atoms with van der Waals surface area (Å²) in [6, 6.07) is 7.53. The maximum Gasteiger partial charge on any atom is 0.341 e. The largest absolute Gasteiger partial charge is 0.477 e. The number of carboxylic acids is 1. The number of hydrogen-bond donors (Lipinski definition) is 12. The highest BCUT2D eigenvalue weighted by atomic mass is 19.1. The number of piperazine rings is 1. The van der Waals surface area contributed by atoms with Crippen LogP contribution in [0, 0.1) is 5.82 Å². The first kappa shape index (κ1) is 53.7. The van der Waals surface area contributed by atoms with Gasteiger partial charge in [-0.15, -0.1) is 5.10 Å². The zero-order valence-electron chi connectivity index (χ0n) is 40.3. The lowest BCUT2D eigenvalue weighted by Crippen LogP contribution is -2.69. The summed E-state index contributed by atoms with van der Waals surface area (Å²) in [5.74, 6) is -2.39. The molecule has 3 saturated heterocycles. The molecule has 0 bridgehead atoms. The smallest absolute Gasteiger partial charge is 0.341 e. The van der Waals surface area contributed by atoms with Crippen LogP contribution in [-0.2, 0) is 43.3 Å². The number of rotatable bonds is 17. The van der Waals surface area contributed by atoms with Gasteiger partial charge in [0.2, 0.25) is 11.3 Å². The maximum absolute atomic E-state index is 15.6. The van der Waals surface area contributed by atoms with E-state index in [4.69, 9.17) is 36.1 Å². The van der Waals surface area contributed by atoms with Crippen molar-refractivity contribution in [1.82, 2.24) is 29.8 Å². The van der Waals surface area contributed by atoms with Gasteiger partial charge >= 0.3 is 5.97 Å². The van der Waals surface area contributed by atoms with Crippen LogP contribution in [0.3, 0.4) is 0 Å². The molecule has 25 nitrogen and oxygen atoms in total. The highest BCUT2D eigenvalue weighted by molar-refractivity contribution is 5.93. The molecule has 0 spiro atoms. The summed E-state index contributed by atoms with van der Waals surface area (Å²) in [4.78, 5) is 42.5. The van der Waals surface area contributed by atoms with Crippen LogP contribution in [-0.4, -0.2) is 208 Å². The Bertz CT molecular complexity index is 2670. The molecule has 2 saturated carbocycles. The van der Waals surface area contributed by atoms with Crippen molar-refractivity contribution in [3.8, 4) is 0 Å². The summed E-state index contributed by atoms with van der Waals surface area (Å²) in [6.07, 6.45) is -13.5. The topological polar surface area (TPSA) is 382 Å². The number of hydrogen-bond acceptors (Lipinski definition) is 21. The Kier molecular flexibility index (Phi) is 16.4. The lowest BCUT2D eigenvalue weighted by molar-refractivity contribution is -0.332. The van der Waals surface area contributed by atoms with Gasteiger partial charge in [0.25, 0.3) is 0 Å².